The highest BCUT2D eigenvalue weighted by Crippen LogP contribution is 2.27. The number of ether oxygens (including phenoxy) is 1. The number of anilines is 1. The molecule has 0 amide bonds. The molecular formula is C16H20N4O2. The largest absolute Gasteiger partial charge is 0.504 e. The molecule has 6 nitrogen and oxygen atoms in total. The van der Waals surface area contributed by atoms with Crippen LogP contribution in [0.25, 0.3) is 0 Å². The predicted octanol–water partition coefficient (Wildman–Crippen LogP) is 1.51. The topological polar surface area (TPSA) is 61.7 Å². The van der Waals surface area contributed by atoms with Crippen molar-refractivity contribution < 1.29 is 9.84 Å². The Morgan fingerprint density at radius 2 is 1.86 bits per heavy atom. The first-order valence-corrected chi connectivity index (χ1v) is 7.36. The molecule has 0 saturated carbocycles. The zero-order chi connectivity index (χ0) is 15.4. The number of aromatic nitrogens is 2. The fourth-order valence-electron chi connectivity index (χ4n) is 2.65. The number of phenols is 1. The van der Waals surface area contributed by atoms with E-state index in [1.54, 1.807) is 31.6 Å². The van der Waals surface area contributed by atoms with Gasteiger partial charge in [-0.2, -0.15) is 0 Å². The summed E-state index contributed by atoms with van der Waals surface area (Å²) >= 11 is 0. The monoisotopic (exact) mass is 300 g/mol. The SMILES string of the molecule is COc1ccc(CN2CCN(c3ncccn3)CC2)cc1O. The van der Waals surface area contributed by atoms with Gasteiger partial charge >= 0.3 is 0 Å². The van der Waals surface area contributed by atoms with Gasteiger partial charge in [0.05, 0.1) is 7.11 Å². The van der Waals surface area contributed by atoms with E-state index in [0.29, 0.717) is 5.75 Å². The molecule has 1 aromatic heterocycles. The van der Waals surface area contributed by atoms with Crippen LogP contribution in [0.2, 0.25) is 0 Å². The van der Waals surface area contributed by atoms with Gasteiger partial charge < -0.3 is 14.7 Å². The molecule has 22 heavy (non-hydrogen) atoms. The van der Waals surface area contributed by atoms with E-state index < -0.39 is 0 Å². The van der Waals surface area contributed by atoms with E-state index in [1.807, 2.05) is 12.1 Å². The van der Waals surface area contributed by atoms with E-state index in [2.05, 4.69) is 19.8 Å². The van der Waals surface area contributed by atoms with Crippen LogP contribution >= 0.6 is 0 Å². The first-order valence-electron chi connectivity index (χ1n) is 7.36. The summed E-state index contributed by atoms with van der Waals surface area (Å²) in [6.45, 7) is 4.54. The lowest BCUT2D eigenvalue weighted by Crippen LogP contribution is -2.46. The van der Waals surface area contributed by atoms with Crippen molar-refractivity contribution in [2.45, 2.75) is 6.54 Å². The first kappa shape index (κ1) is 14.6. The molecule has 1 N–H and O–H groups in total. The molecule has 1 aliphatic rings. The molecule has 116 valence electrons. The van der Waals surface area contributed by atoms with Crippen LogP contribution in [0.1, 0.15) is 5.56 Å². The summed E-state index contributed by atoms with van der Waals surface area (Å²) in [7, 11) is 1.56. The van der Waals surface area contributed by atoms with E-state index in [-0.39, 0.29) is 5.75 Å². The Morgan fingerprint density at radius 1 is 1.14 bits per heavy atom. The van der Waals surface area contributed by atoms with E-state index in [1.165, 1.54) is 0 Å². The molecule has 6 heteroatoms. The fourth-order valence-corrected chi connectivity index (χ4v) is 2.65. The molecule has 0 bridgehead atoms. The van der Waals surface area contributed by atoms with Gasteiger partial charge in [-0.15, -0.1) is 0 Å². The number of methoxy groups -OCH3 is 1. The second-order valence-corrected chi connectivity index (χ2v) is 5.32. The first-order chi connectivity index (χ1) is 10.8. The van der Waals surface area contributed by atoms with E-state index >= 15 is 0 Å². The van der Waals surface area contributed by atoms with Crippen LogP contribution in [-0.4, -0.2) is 53.3 Å². The number of phenolic OH excluding ortho intramolecular Hbond substituents is 1. The number of hydrogen-bond acceptors (Lipinski definition) is 6. The summed E-state index contributed by atoms with van der Waals surface area (Å²) in [5, 5.41) is 9.84. The van der Waals surface area contributed by atoms with Gasteiger partial charge in [0.1, 0.15) is 0 Å². The Balaban J connectivity index is 1.57. The van der Waals surface area contributed by atoms with Crippen molar-refractivity contribution in [1.29, 1.82) is 0 Å². The van der Waals surface area contributed by atoms with Crippen LogP contribution in [0.3, 0.4) is 0 Å². The predicted molar refractivity (Wildman–Crippen MR) is 84.2 cm³/mol. The zero-order valence-corrected chi connectivity index (χ0v) is 12.6. The molecule has 1 saturated heterocycles. The fraction of sp³-hybridized carbons (Fsp3) is 0.375. The van der Waals surface area contributed by atoms with Gasteiger partial charge in [-0.3, -0.25) is 4.90 Å². The maximum atomic E-state index is 9.84. The van der Waals surface area contributed by atoms with Crippen LogP contribution in [0, 0.1) is 0 Å². The van der Waals surface area contributed by atoms with Crippen molar-refractivity contribution in [1.82, 2.24) is 14.9 Å². The second kappa shape index (κ2) is 6.62. The second-order valence-electron chi connectivity index (χ2n) is 5.32. The minimum absolute atomic E-state index is 0.191. The standard InChI is InChI=1S/C16H20N4O2/c1-22-15-4-3-13(11-14(15)21)12-19-7-9-20(10-8-19)16-17-5-2-6-18-16/h2-6,11,21H,7-10,12H2,1H3. The van der Waals surface area contributed by atoms with E-state index in [0.717, 1.165) is 44.2 Å². The van der Waals surface area contributed by atoms with Gasteiger partial charge in [0.25, 0.3) is 0 Å². The van der Waals surface area contributed by atoms with Gasteiger partial charge in [0.2, 0.25) is 5.95 Å². The van der Waals surface area contributed by atoms with Crippen LogP contribution in [0.15, 0.2) is 36.7 Å². The zero-order valence-electron chi connectivity index (χ0n) is 12.6. The Morgan fingerprint density at radius 3 is 2.50 bits per heavy atom. The minimum Gasteiger partial charge on any atom is -0.504 e. The highest BCUT2D eigenvalue weighted by Gasteiger charge is 2.19. The molecule has 0 radical (unpaired) electrons. The number of benzene rings is 1. The average molecular weight is 300 g/mol. The normalized spacial score (nSPS) is 15.8. The van der Waals surface area contributed by atoms with Crippen molar-refractivity contribution in [2.75, 3.05) is 38.2 Å². The summed E-state index contributed by atoms with van der Waals surface area (Å²) in [5.41, 5.74) is 1.09. The number of hydrogen-bond donors (Lipinski definition) is 1. The van der Waals surface area contributed by atoms with Gasteiger partial charge in [-0.25, -0.2) is 9.97 Å². The van der Waals surface area contributed by atoms with Crippen LogP contribution < -0.4 is 9.64 Å². The molecule has 0 spiro atoms. The maximum Gasteiger partial charge on any atom is 0.225 e. The Kier molecular flexibility index (Phi) is 4.39. The highest BCUT2D eigenvalue weighted by atomic mass is 16.5. The van der Waals surface area contributed by atoms with E-state index in [9.17, 15) is 5.11 Å². The molecule has 2 heterocycles. The third-order valence-electron chi connectivity index (χ3n) is 3.86. The molecule has 3 rings (SSSR count). The summed E-state index contributed by atoms with van der Waals surface area (Å²) in [5.74, 6) is 1.50. The van der Waals surface area contributed by atoms with Crippen LogP contribution in [0.5, 0.6) is 11.5 Å². The van der Waals surface area contributed by atoms with Crippen molar-refractivity contribution in [3.63, 3.8) is 0 Å². The van der Waals surface area contributed by atoms with Crippen molar-refractivity contribution in [3.05, 3.63) is 42.2 Å². The molecule has 0 aliphatic carbocycles. The summed E-state index contributed by atoms with van der Waals surface area (Å²) in [6, 6.07) is 7.39. The Bertz CT molecular complexity index is 613. The quantitative estimate of drug-likeness (QED) is 0.923. The third-order valence-corrected chi connectivity index (χ3v) is 3.86. The van der Waals surface area contributed by atoms with E-state index in [4.69, 9.17) is 4.74 Å². The lowest BCUT2D eigenvalue weighted by Gasteiger charge is -2.34. The van der Waals surface area contributed by atoms with Crippen molar-refractivity contribution in [2.24, 2.45) is 0 Å². The van der Waals surface area contributed by atoms with Gasteiger partial charge in [-0.1, -0.05) is 6.07 Å². The van der Waals surface area contributed by atoms with Crippen molar-refractivity contribution >= 4 is 5.95 Å². The highest BCUT2D eigenvalue weighted by molar-refractivity contribution is 5.41. The number of aromatic hydroxyl groups is 1. The van der Waals surface area contributed by atoms with Crippen LogP contribution in [0.4, 0.5) is 5.95 Å². The third kappa shape index (κ3) is 3.28. The Hall–Kier alpha value is -2.34. The lowest BCUT2D eigenvalue weighted by atomic mass is 10.1. The summed E-state index contributed by atoms with van der Waals surface area (Å²) in [6.07, 6.45) is 3.55. The van der Waals surface area contributed by atoms with Crippen LogP contribution in [-0.2, 0) is 6.54 Å². The summed E-state index contributed by atoms with van der Waals surface area (Å²) in [4.78, 5) is 13.1. The minimum atomic E-state index is 0.191. The van der Waals surface area contributed by atoms with Crippen molar-refractivity contribution in [3.8, 4) is 11.5 Å². The number of piperazine rings is 1. The molecular weight excluding hydrogens is 280 g/mol. The number of nitrogens with zero attached hydrogens (tertiary/aromatic N) is 4. The molecule has 1 aliphatic heterocycles. The molecule has 1 fully saturated rings. The summed E-state index contributed by atoms with van der Waals surface area (Å²) < 4.78 is 5.07. The molecule has 0 unspecified atom stereocenters. The molecule has 2 aromatic rings. The average Bonchev–Trinajstić information content (AvgIpc) is 2.57. The van der Waals surface area contributed by atoms with Gasteiger partial charge in [0, 0.05) is 45.1 Å². The maximum absolute atomic E-state index is 9.84. The number of rotatable bonds is 4. The lowest BCUT2D eigenvalue weighted by molar-refractivity contribution is 0.248. The molecule has 0 atom stereocenters. The molecule has 1 aromatic carbocycles. The smallest absolute Gasteiger partial charge is 0.225 e. The Labute approximate surface area is 130 Å². The van der Waals surface area contributed by atoms with Gasteiger partial charge in [-0.05, 0) is 23.8 Å². The van der Waals surface area contributed by atoms with Gasteiger partial charge in [0.15, 0.2) is 11.5 Å².